The van der Waals surface area contributed by atoms with E-state index in [4.69, 9.17) is 4.74 Å². The minimum atomic E-state index is 0.694. The van der Waals surface area contributed by atoms with Gasteiger partial charge in [0.2, 0.25) is 0 Å². The highest BCUT2D eigenvalue weighted by Crippen LogP contribution is 2.32. The number of hydrogen-bond donors (Lipinski definition) is 0. The number of ether oxygens (including phenoxy) is 1. The summed E-state index contributed by atoms with van der Waals surface area (Å²) in [6.07, 6.45) is 16.4. The first-order chi connectivity index (χ1) is 14.3. The first-order valence-electron chi connectivity index (χ1n) is 11.6. The zero-order valence-electron chi connectivity index (χ0n) is 18.4. The minimum Gasteiger partial charge on any atom is -0.380 e. The maximum absolute atomic E-state index is 5.18. The molecule has 0 aromatic heterocycles. The summed E-state index contributed by atoms with van der Waals surface area (Å²) in [7, 11) is 1.74. The molecule has 2 aromatic carbocycles. The van der Waals surface area contributed by atoms with Crippen LogP contribution in [0.3, 0.4) is 0 Å². The molecular weight excluding hydrogens is 352 g/mol. The topological polar surface area (TPSA) is 9.23 Å². The molecule has 0 unspecified atom stereocenters. The van der Waals surface area contributed by atoms with Crippen LogP contribution in [0.1, 0.15) is 67.7 Å². The van der Waals surface area contributed by atoms with Crippen molar-refractivity contribution in [1.29, 1.82) is 0 Å². The summed E-state index contributed by atoms with van der Waals surface area (Å²) >= 11 is 0. The van der Waals surface area contributed by atoms with Gasteiger partial charge < -0.3 is 4.74 Å². The third-order valence-corrected chi connectivity index (χ3v) is 6.44. The highest BCUT2D eigenvalue weighted by atomic mass is 16.5. The van der Waals surface area contributed by atoms with Gasteiger partial charge in [-0.2, -0.15) is 0 Å². The third-order valence-electron chi connectivity index (χ3n) is 6.44. The number of methoxy groups -OCH3 is 1. The van der Waals surface area contributed by atoms with Crippen LogP contribution in [0, 0.1) is 11.8 Å². The zero-order valence-corrected chi connectivity index (χ0v) is 18.4. The van der Waals surface area contributed by atoms with Gasteiger partial charge in [-0.15, -0.1) is 0 Å². The first kappa shape index (κ1) is 21.8. The highest BCUT2D eigenvalue weighted by molar-refractivity contribution is 5.26. The smallest absolute Gasteiger partial charge is 0.0713 e. The van der Waals surface area contributed by atoms with Crippen molar-refractivity contribution in [2.24, 2.45) is 11.8 Å². The predicted octanol–water partition coefficient (Wildman–Crippen LogP) is 7.32. The Morgan fingerprint density at radius 2 is 1.28 bits per heavy atom. The van der Waals surface area contributed by atoms with Crippen molar-refractivity contribution in [3.8, 4) is 0 Å². The summed E-state index contributed by atoms with van der Waals surface area (Å²) < 4.78 is 5.18. The number of rotatable bonds is 10. The second-order valence-corrected chi connectivity index (χ2v) is 8.72. The molecule has 0 atom stereocenters. The van der Waals surface area contributed by atoms with Gasteiger partial charge in [-0.3, -0.25) is 0 Å². The van der Waals surface area contributed by atoms with Crippen LogP contribution in [0.2, 0.25) is 0 Å². The summed E-state index contributed by atoms with van der Waals surface area (Å²) in [4.78, 5) is 0. The number of benzene rings is 2. The summed E-state index contributed by atoms with van der Waals surface area (Å²) in [6.45, 7) is 2.92. The molecule has 0 aliphatic heterocycles. The van der Waals surface area contributed by atoms with Crippen LogP contribution < -0.4 is 0 Å². The van der Waals surface area contributed by atoms with Crippen LogP contribution in [-0.4, -0.2) is 7.11 Å². The van der Waals surface area contributed by atoms with Gasteiger partial charge in [-0.1, -0.05) is 67.6 Å². The fourth-order valence-electron chi connectivity index (χ4n) is 4.50. The van der Waals surface area contributed by atoms with Gasteiger partial charge in [0.25, 0.3) is 0 Å². The van der Waals surface area contributed by atoms with Crippen LogP contribution in [-0.2, 0) is 30.6 Å². The first-order valence-corrected chi connectivity index (χ1v) is 11.6. The number of hydrogen-bond acceptors (Lipinski definition) is 1. The Hall–Kier alpha value is -1.86. The van der Waals surface area contributed by atoms with Crippen LogP contribution in [0.15, 0.2) is 60.7 Å². The normalized spacial score (nSPS) is 19.7. The standard InChI is InChI=1S/C28H38O/c1-3-4-5-23-6-8-24(9-7-23)10-11-25-12-14-26(15-13-25)16-17-27-18-20-28(21-19-27)22-29-2/h4-5,12-15,18-21,23-24H,3,6-11,16-17,22H2,1-2H3. The molecule has 1 aliphatic carbocycles. The molecule has 0 bridgehead atoms. The molecule has 1 saturated carbocycles. The Labute approximate surface area is 178 Å². The molecule has 2 aromatic rings. The van der Waals surface area contributed by atoms with E-state index in [-0.39, 0.29) is 0 Å². The van der Waals surface area contributed by atoms with Crippen molar-refractivity contribution < 1.29 is 4.74 Å². The van der Waals surface area contributed by atoms with Gasteiger partial charge >= 0.3 is 0 Å². The summed E-state index contributed by atoms with van der Waals surface area (Å²) in [5, 5.41) is 0. The average molecular weight is 391 g/mol. The van der Waals surface area contributed by atoms with E-state index in [1.807, 2.05) is 0 Å². The molecule has 1 nitrogen and oxygen atoms in total. The monoisotopic (exact) mass is 390 g/mol. The van der Waals surface area contributed by atoms with Gasteiger partial charge in [0.15, 0.2) is 0 Å². The van der Waals surface area contributed by atoms with Crippen LogP contribution in [0.25, 0.3) is 0 Å². The molecule has 0 spiro atoms. The minimum absolute atomic E-state index is 0.694. The van der Waals surface area contributed by atoms with Gasteiger partial charge in [0, 0.05) is 7.11 Å². The molecule has 1 heteroatoms. The predicted molar refractivity (Wildman–Crippen MR) is 124 cm³/mol. The van der Waals surface area contributed by atoms with E-state index in [0.29, 0.717) is 6.61 Å². The van der Waals surface area contributed by atoms with Crippen molar-refractivity contribution in [3.05, 3.63) is 82.9 Å². The molecule has 3 rings (SSSR count). The van der Waals surface area contributed by atoms with Crippen molar-refractivity contribution in [3.63, 3.8) is 0 Å². The number of allylic oxidation sites excluding steroid dienone is 2. The maximum Gasteiger partial charge on any atom is 0.0713 e. The molecule has 0 saturated heterocycles. The molecule has 156 valence electrons. The lowest BCUT2D eigenvalue weighted by Crippen LogP contribution is -2.13. The van der Waals surface area contributed by atoms with Crippen molar-refractivity contribution >= 4 is 0 Å². The Bertz CT molecular complexity index is 718. The third kappa shape index (κ3) is 7.48. The van der Waals surface area contributed by atoms with Gasteiger partial charge in [0.05, 0.1) is 6.61 Å². The Balaban J connectivity index is 1.38. The summed E-state index contributed by atoms with van der Waals surface area (Å²) in [5.41, 5.74) is 5.59. The fraction of sp³-hybridized carbons (Fsp3) is 0.500. The zero-order chi connectivity index (χ0) is 20.3. The summed E-state index contributed by atoms with van der Waals surface area (Å²) in [6, 6.07) is 18.2. The largest absolute Gasteiger partial charge is 0.380 e. The lowest BCUT2D eigenvalue weighted by Gasteiger charge is -2.26. The average Bonchev–Trinajstić information content (AvgIpc) is 2.77. The van der Waals surface area contributed by atoms with Crippen molar-refractivity contribution in [1.82, 2.24) is 0 Å². The van der Waals surface area contributed by atoms with Gasteiger partial charge in [-0.25, -0.2) is 0 Å². The molecule has 0 radical (unpaired) electrons. The molecule has 0 amide bonds. The molecule has 0 N–H and O–H groups in total. The van der Waals surface area contributed by atoms with E-state index in [1.54, 1.807) is 7.11 Å². The second-order valence-electron chi connectivity index (χ2n) is 8.72. The van der Waals surface area contributed by atoms with Crippen LogP contribution in [0.4, 0.5) is 0 Å². The van der Waals surface area contributed by atoms with Crippen LogP contribution in [0.5, 0.6) is 0 Å². The lowest BCUT2D eigenvalue weighted by atomic mass is 9.79. The van der Waals surface area contributed by atoms with E-state index in [9.17, 15) is 0 Å². The van der Waals surface area contributed by atoms with Gasteiger partial charge in [-0.05, 0) is 91.9 Å². The Morgan fingerprint density at radius 1 is 0.759 bits per heavy atom. The molecule has 1 fully saturated rings. The quantitative estimate of drug-likeness (QED) is 0.386. The van der Waals surface area contributed by atoms with Crippen molar-refractivity contribution in [2.75, 3.05) is 7.11 Å². The second kappa shape index (κ2) is 12.0. The van der Waals surface area contributed by atoms with Crippen molar-refractivity contribution in [2.45, 2.75) is 71.3 Å². The molecular formula is C28H38O. The van der Waals surface area contributed by atoms with E-state index < -0.39 is 0 Å². The Kier molecular flexibility index (Phi) is 9.02. The summed E-state index contributed by atoms with van der Waals surface area (Å²) in [5.74, 6) is 1.78. The van der Waals surface area contributed by atoms with E-state index in [2.05, 4.69) is 67.6 Å². The van der Waals surface area contributed by atoms with Crippen LogP contribution >= 0.6 is 0 Å². The maximum atomic E-state index is 5.18. The highest BCUT2D eigenvalue weighted by Gasteiger charge is 2.19. The Morgan fingerprint density at radius 3 is 1.79 bits per heavy atom. The molecule has 1 aliphatic rings. The molecule has 29 heavy (non-hydrogen) atoms. The fourth-order valence-corrected chi connectivity index (χ4v) is 4.50. The lowest BCUT2D eigenvalue weighted by molar-refractivity contribution is 0.185. The van der Waals surface area contributed by atoms with E-state index in [1.165, 1.54) is 67.2 Å². The van der Waals surface area contributed by atoms with E-state index >= 15 is 0 Å². The number of aryl methyl sites for hydroxylation is 3. The van der Waals surface area contributed by atoms with E-state index in [0.717, 1.165) is 24.7 Å². The molecule has 0 heterocycles. The van der Waals surface area contributed by atoms with Gasteiger partial charge in [0.1, 0.15) is 0 Å². The SMILES string of the molecule is CCC=CC1CCC(CCc2ccc(CCc3ccc(COC)cc3)cc2)CC1.